The Balaban J connectivity index is 2.00. The molecule has 0 aromatic rings. The van der Waals surface area contributed by atoms with Gasteiger partial charge in [0.15, 0.2) is 0 Å². The number of hydrogen-bond acceptors (Lipinski definition) is 3. The van der Waals surface area contributed by atoms with Gasteiger partial charge in [0.05, 0.1) is 0 Å². The topological polar surface area (TPSA) is 55.1 Å². The number of hydrogen-bond donors (Lipinski definition) is 2. The number of nitrogens with one attached hydrogen (secondary N) is 1. The monoisotopic (exact) mass is 202 g/mol. The van der Waals surface area contributed by atoms with E-state index in [9.17, 15) is 4.79 Å². The van der Waals surface area contributed by atoms with E-state index in [1.54, 1.807) is 0 Å². The van der Waals surface area contributed by atoms with Crippen LogP contribution in [-0.2, 0) is 4.79 Å². The maximum absolute atomic E-state index is 11.2. The molecule has 4 heteroatoms. The summed E-state index contributed by atoms with van der Waals surface area (Å²) in [6.07, 6.45) is 3.92. The van der Waals surface area contributed by atoms with Gasteiger partial charge in [-0.15, -0.1) is 0 Å². The van der Waals surface area contributed by atoms with Crippen molar-refractivity contribution >= 4 is 17.7 Å². The Morgan fingerprint density at radius 2 is 2.46 bits per heavy atom. The lowest BCUT2D eigenvalue weighted by atomic mass is 10.2. The van der Waals surface area contributed by atoms with Gasteiger partial charge in [-0.05, 0) is 31.6 Å². The Morgan fingerprint density at radius 1 is 1.62 bits per heavy atom. The van der Waals surface area contributed by atoms with Crippen LogP contribution in [0.1, 0.15) is 25.7 Å². The molecule has 3 N–H and O–H groups in total. The van der Waals surface area contributed by atoms with Gasteiger partial charge in [0.25, 0.3) is 0 Å². The van der Waals surface area contributed by atoms with Crippen molar-refractivity contribution in [1.82, 2.24) is 5.32 Å². The van der Waals surface area contributed by atoms with Crippen LogP contribution in [0.4, 0.5) is 0 Å². The molecule has 1 amide bonds. The minimum Gasteiger partial charge on any atom is -0.355 e. The molecule has 1 heterocycles. The standard InChI is InChI=1S/C9H18N2OS/c10-5-1-4-9(12)11-7-8-3-2-6-13-8/h8H,1-7,10H2,(H,11,12). The van der Waals surface area contributed by atoms with Crippen molar-refractivity contribution in [2.45, 2.75) is 30.9 Å². The summed E-state index contributed by atoms with van der Waals surface area (Å²) in [5, 5.41) is 3.60. The summed E-state index contributed by atoms with van der Waals surface area (Å²) in [4.78, 5) is 11.2. The van der Waals surface area contributed by atoms with E-state index < -0.39 is 0 Å². The molecule has 1 unspecified atom stereocenters. The van der Waals surface area contributed by atoms with Crippen molar-refractivity contribution in [3.63, 3.8) is 0 Å². The van der Waals surface area contributed by atoms with Crippen molar-refractivity contribution < 1.29 is 4.79 Å². The van der Waals surface area contributed by atoms with Crippen molar-refractivity contribution in [3.05, 3.63) is 0 Å². The van der Waals surface area contributed by atoms with Crippen LogP contribution in [0.25, 0.3) is 0 Å². The van der Waals surface area contributed by atoms with Gasteiger partial charge in [0.2, 0.25) is 5.91 Å². The van der Waals surface area contributed by atoms with Gasteiger partial charge >= 0.3 is 0 Å². The summed E-state index contributed by atoms with van der Waals surface area (Å²) < 4.78 is 0. The van der Waals surface area contributed by atoms with Gasteiger partial charge in [-0.3, -0.25) is 4.79 Å². The number of rotatable bonds is 5. The molecule has 76 valence electrons. The Morgan fingerprint density at radius 3 is 3.08 bits per heavy atom. The molecule has 0 aromatic heterocycles. The zero-order valence-electron chi connectivity index (χ0n) is 7.92. The van der Waals surface area contributed by atoms with Crippen LogP contribution in [0.3, 0.4) is 0 Å². The number of carbonyl (C=O) groups is 1. The second kappa shape index (κ2) is 6.27. The quantitative estimate of drug-likeness (QED) is 0.691. The third-order valence-electron chi connectivity index (χ3n) is 2.16. The maximum Gasteiger partial charge on any atom is 0.220 e. The van der Waals surface area contributed by atoms with Crippen molar-refractivity contribution in [3.8, 4) is 0 Å². The van der Waals surface area contributed by atoms with E-state index in [-0.39, 0.29) is 5.91 Å². The Bertz CT molecular complexity index is 158. The molecule has 1 saturated heterocycles. The highest BCUT2D eigenvalue weighted by Crippen LogP contribution is 2.25. The van der Waals surface area contributed by atoms with Crippen LogP contribution in [-0.4, -0.2) is 30.0 Å². The molecule has 0 spiro atoms. The molecular formula is C9H18N2OS. The molecule has 0 aromatic carbocycles. The predicted molar refractivity (Wildman–Crippen MR) is 56.8 cm³/mol. The molecule has 0 bridgehead atoms. The summed E-state index contributed by atoms with van der Waals surface area (Å²) in [5.41, 5.74) is 5.31. The van der Waals surface area contributed by atoms with Gasteiger partial charge in [0.1, 0.15) is 0 Å². The molecule has 3 nitrogen and oxygen atoms in total. The smallest absolute Gasteiger partial charge is 0.220 e. The summed E-state index contributed by atoms with van der Waals surface area (Å²) >= 11 is 1.97. The van der Waals surface area contributed by atoms with E-state index in [2.05, 4.69) is 5.32 Å². The van der Waals surface area contributed by atoms with Gasteiger partial charge in [-0.2, -0.15) is 11.8 Å². The number of carbonyl (C=O) groups excluding carboxylic acids is 1. The first-order valence-corrected chi connectivity index (χ1v) is 5.96. The van der Waals surface area contributed by atoms with Crippen LogP contribution in [0.5, 0.6) is 0 Å². The van der Waals surface area contributed by atoms with Crippen LogP contribution in [0, 0.1) is 0 Å². The minimum atomic E-state index is 0.151. The Labute approximate surface area is 83.8 Å². The van der Waals surface area contributed by atoms with E-state index in [0.29, 0.717) is 18.2 Å². The van der Waals surface area contributed by atoms with Crippen molar-refractivity contribution in [1.29, 1.82) is 0 Å². The third-order valence-corrected chi connectivity index (χ3v) is 3.56. The molecule has 1 aliphatic heterocycles. The van der Waals surface area contributed by atoms with Crippen LogP contribution >= 0.6 is 11.8 Å². The SMILES string of the molecule is NCCCC(=O)NCC1CCCS1. The lowest BCUT2D eigenvalue weighted by Crippen LogP contribution is -2.29. The fraction of sp³-hybridized carbons (Fsp3) is 0.889. The van der Waals surface area contributed by atoms with Crippen molar-refractivity contribution in [2.24, 2.45) is 5.73 Å². The maximum atomic E-state index is 11.2. The first-order valence-electron chi connectivity index (χ1n) is 4.91. The Kier molecular flexibility index (Phi) is 5.23. The average Bonchev–Trinajstić information content (AvgIpc) is 2.64. The lowest BCUT2D eigenvalue weighted by molar-refractivity contribution is -0.121. The summed E-state index contributed by atoms with van der Waals surface area (Å²) in [6.45, 7) is 1.44. The van der Waals surface area contributed by atoms with E-state index >= 15 is 0 Å². The number of thioether (sulfide) groups is 1. The summed E-state index contributed by atoms with van der Waals surface area (Å²) in [5.74, 6) is 1.40. The van der Waals surface area contributed by atoms with E-state index in [4.69, 9.17) is 5.73 Å². The largest absolute Gasteiger partial charge is 0.355 e. The molecular weight excluding hydrogens is 184 g/mol. The van der Waals surface area contributed by atoms with E-state index in [0.717, 1.165) is 13.0 Å². The third kappa shape index (κ3) is 4.52. The molecule has 0 radical (unpaired) electrons. The van der Waals surface area contributed by atoms with E-state index in [1.165, 1.54) is 18.6 Å². The number of nitrogens with two attached hydrogens (primary N) is 1. The predicted octanol–water partition coefficient (Wildman–Crippen LogP) is 0.737. The molecule has 0 saturated carbocycles. The number of amides is 1. The summed E-state index contributed by atoms with van der Waals surface area (Å²) in [7, 11) is 0. The Hall–Kier alpha value is -0.220. The highest BCUT2D eigenvalue weighted by molar-refractivity contribution is 8.00. The first kappa shape index (κ1) is 10.9. The fourth-order valence-electron chi connectivity index (χ4n) is 1.38. The van der Waals surface area contributed by atoms with Crippen LogP contribution < -0.4 is 11.1 Å². The zero-order chi connectivity index (χ0) is 9.52. The van der Waals surface area contributed by atoms with Crippen LogP contribution in [0.15, 0.2) is 0 Å². The minimum absolute atomic E-state index is 0.151. The average molecular weight is 202 g/mol. The molecule has 1 atom stereocenters. The highest BCUT2D eigenvalue weighted by Gasteiger charge is 2.15. The molecule has 1 fully saturated rings. The molecule has 13 heavy (non-hydrogen) atoms. The fourth-order valence-corrected chi connectivity index (χ4v) is 2.59. The summed E-state index contributed by atoms with van der Waals surface area (Å²) in [6, 6.07) is 0. The molecule has 1 aliphatic rings. The van der Waals surface area contributed by atoms with Gasteiger partial charge < -0.3 is 11.1 Å². The molecule has 0 aliphatic carbocycles. The van der Waals surface area contributed by atoms with Crippen LogP contribution in [0.2, 0.25) is 0 Å². The molecule has 1 rings (SSSR count). The van der Waals surface area contributed by atoms with Gasteiger partial charge in [0, 0.05) is 18.2 Å². The van der Waals surface area contributed by atoms with Gasteiger partial charge in [-0.25, -0.2) is 0 Å². The normalized spacial score (nSPS) is 21.8. The second-order valence-electron chi connectivity index (χ2n) is 3.33. The van der Waals surface area contributed by atoms with Gasteiger partial charge in [-0.1, -0.05) is 0 Å². The lowest BCUT2D eigenvalue weighted by Gasteiger charge is -2.09. The second-order valence-corrected chi connectivity index (χ2v) is 4.74. The zero-order valence-corrected chi connectivity index (χ0v) is 8.74. The van der Waals surface area contributed by atoms with Crippen molar-refractivity contribution in [2.75, 3.05) is 18.8 Å². The highest BCUT2D eigenvalue weighted by atomic mass is 32.2. The first-order chi connectivity index (χ1) is 6.33. The van der Waals surface area contributed by atoms with E-state index in [1.807, 2.05) is 11.8 Å².